The lowest BCUT2D eigenvalue weighted by Gasteiger charge is -2.07. The Morgan fingerprint density at radius 2 is 1.77 bits per heavy atom. The summed E-state index contributed by atoms with van der Waals surface area (Å²) in [5.41, 5.74) is 7.25. The van der Waals surface area contributed by atoms with Crippen molar-refractivity contribution in [3.63, 3.8) is 0 Å². The molecule has 0 aliphatic heterocycles. The average Bonchev–Trinajstić information content (AvgIpc) is 2.96. The largest absolute Gasteiger partial charge is 0.484 e. The number of para-hydroxylation sites is 1. The summed E-state index contributed by atoms with van der Waals surface area (Å²) < 4.78 is 5.14. The van der Waals surface area contributed by atoms with Crippen LogP contribution in [0.2, 0.25) is 0 Å². The first-order valence-corrected chi connectivity index (χ1v) is 7.90. The van der Waals surface area contributed by atoms with Crippen molar-refractivity contribution in [1.82, 2.24) is 4.98 Å². The van der Waals surface area contributed by atoms with E-state index in [1.165, 1.54) is 0 Å². The molecule has 2 amide bonds. The molecule has 26 heavy (non-hydrogen) atoms. The Kier molecular flexibility index (Phi) is 4.70. The van der Waals surface area contributed by atoms with E-state index in [-0.39, 0.29) is 6.61 Å². The van der Waals surface area contributed by atoms with Crippen LogP contribution >= 0.6 is 0 Å². The minimum atomic E-state index is -0.733. The topological polar surface area (TPSA) is 114 Å². The molecule has 0 unspecified atom stereocenters. The quantitative estimate of drug-likeness (QED) is 0.466. The van der Waals surface area contributed by atoms with Gasteiger partial charge in [-0.2, -0.15) is 0 Å². The molecule has 7 nitrogen and oxygen atoms in total. The number of hydrogen-bond donors (Lipinski definition) is 3. The van der Waals surface area contributed by atoms with Crippen molar-refractivity contribution in [2.45, 2.75) is 6.92 Å². The fraction of sp³-hybridized carbons (Fsp3) is 0.105. The number of primary amides is 1. The van der Waals surface area contributed by atoms with Crippen LogP contribution in [-0.2, 0) is 9.59 Å². The third kappa shape index (κ3) is 3.56. The summed E-state index contributed by atoms with van der Waals surface area (Å²) in [6, 6.07) is 13.6. The van der Waals surface area contributed by atoms with Gasteiger partial charge >= 0.3 is 0 Å². The number of fused-ring (bicyclic) bond motifs is 1. The molecule has 1 heterocycles. The van der Waals surface area contributed by atoms with Crippen LogP contribution in [0.15, 0.2) is 48.5 Å². The molecule has 0 saturated heterocycles. The highest BCUT2D eigenvalue weighted by molar-refractivity contribution is 6.48. The van der Waals surface area contributed by atoms with E-state index >= 15 is 0 Å². The minimum Gasteiger partial charge on any atom is -0.484 e. The predicted molar refractivity (Wildman–Crippen MR) is 97.1 cm³/mol. The van der Waals surface area contributed by atoms with Crippen molar-refractivity contribution >= 4 is 34.2 Å². The summed E-state index contributed by atoms with van der Waals surface area (Å²) in [6.45, 7) is 1.52. The first-order valence-electron chi connectivity index (χ1n) is 7.90. The molecule has 4 N–H and O–H groups in total. The van der Waals surface area contributed by atoms with E-state index in [1.807, 2.05) is 18.2 Å². The Labute approximate surface area is 149 Å². The molecule has 2 aromatic carbocycles. The first kappa shape index (κ1) is 17.2. The van der Waals surface area contributed by atoms with E-state index in [1.54, 1.807) is 37.3 Å². The average molecular weight is 351 g/mol. The van der Waals surface area contributed by atoms with Crippen molar-refractivity contribution in [3.05, 3.63) is 59.8 Å². The Morgan fingerprint density at radius 3 is 2.46 bits per heavy atom. The van der Waals surface area contributed by atoms with E-state index < -0.39 is 17.6 Å². The van der Waals surface area contributed by atoms with Crippen molar-refractivity contribution in [2.75, 3.05) is 11.9 Å². The molecule has 1 aromatic heterocycles. The number of H-pyrrole nitrogens is 1. The molecule has 0 spiro atoms. The number of ketones is 1. The van der Waals surface area contributed by atoms with Crippen LogP contribution in [0.5, 0.6) is 5.75 Å². The second-order valence-electron chi connectivity index (χ2n) is 5.73. The van der Waals surface area contributed by atoms with Crippen molar-refractivity contribution in [3.8, 4) is 5.75 Å². The molecule has 3 rings (SSSR count). The minimum absolute atomic E-state index is 0.232. The number of nitrogens with two attached hydrogens (primary N) is 1. The molecule has 0 radical (unpaired) electrons. The van der Waals surface area contributed by atoms with Gasteiger partial charge in [0.25, 0.3) is 17.6 Å². The van der Waals surface area contributed by atoms with Crippen LogP contribution < -0.4 is 15.8 Å². The fourth-order valence-electron chi connectivity index (χ4n) is 2.66. The summed E-state index contributed by atoms with van der Waals surface area (Å²) in [7, 11) is 0. The fourth-order valence-corrected chi connectivity index (χ4v) is 2.66. The Balaban J connectivity index is 1.74. The van der Waals surface area contributed by atoms with Crippen LogP contribution in [0.3, 0.4) is 0 Å². The smallest absolute Gasteiger partial charge is 0.296 e. The highest BCUT2D eigenvalue weighted by Gasteiger charge is 2.22. The number of carbonyl (C=O) groups is 3. The normalized spacial score (nSPS) is 10.5. The molecule has 7 heteroatoms. The Hall–Kier alpha value is -3.61. The summed E-state index contributed by atoms with van der Waals surface area (Å²) in [5.74, 6) is -1.50. The van der Waals surface area contributed by atoms with Gasteiger partial charge in [0, 0.05) is 22.3 Å². The standard InChI is InChI=1S/C19H17N3O4/c1-11-17(14-4-2-3-5-15(14)21-11)18(24)19(25)22-12-6-8-13(9-7-12)26-10-16(20)23/h2-9,21H,10H2,1H3,(H2,20,23)(H,22,25). The molecule has 132 valence electrons. The lowest BCUT2D eigenvalue weighted by molar-refractivity contribution is -0.120. The number of benzene rings is 2. The molecule has 0 bridgehead atoms. The number of carbonyl (C=O) groups excluding carboxylic acids is 3. The van der Waals surface area contributed by atoms with Gasteiger partial charge in [-0.15, -0.1) is 0 Å². The van der Waals surface area contributed by atoms with Crippen LogP contribution in [0.1, 0.15) is 16.1 Å². The van der Waals surface area contributed by atoms with Gasteiger partial charge in [-0.3, -0.25) is 14.4 Å². The summed E-state index contributed by atoms with van der Waals surface area (Å²) in [4.78, 5) is 38.7. The first-order chi connectivity index (χ1) is 12.5. The molecular weight excluding hydrogens is 334 g/mol. The van der Waals surface area contributed by atoms with E-state index in [0.29, 0.717) is 28.1 Å². The molecule has 0 aliphatic rings. The van der Waals surface area contributed by atoms with Gasteiger partial charge < -0.3 is 20.8 Å². The summed E-state index contributed by atoms with van der Waals surface area (Å²) in [5, 5.41) is 3.27. The van der Waals surface area contributed by atoms with Crippen LogP contribution in [0.4, 0.5) is 5.69 Å². The number of hydrogen-bond acceptors (Lipinski definition) is 4. The Bertz CT molecular complexity index is 990. The number of anilines is 1. The maximum atomic E-state index is 12.6. The number of aromatic nitrogens is 1. The lowest BCUT2D eigenvalue weighted by atomic mass is 10.1. The highest BCUT2D eigenvalue weighted by Crippen LogP contribution is 2.23. The third-order valence-electron chi connectivity index (χ3n) is 3.82. The number of aromatic amines is 1. The Morgan fingerprint density at radius 1 is 1.08 bits per heavy atom. The van der Waals surface area contributed by atoms with E-state index in [9.17, 15) is 14.4 Å². The highest BCUT2D eigenvalue weighted by atomic mass is 16.5. The number of ether oxygens (including phenoxy) is 1. The van der Waals surface area contributed by atoms with Gasteiger partial charge in [0.1, 0.15) is 5.75 Å². The number of rotatable bonds is 6. The van der Waals surface area contributed by atoms with E-state index in [2.05, 4.69) is 10.3 Å². The van der Waals surface area contributed by atoms with E-state index in [4.69, 9.17) is 10.5 Å². The number of aryl methyl sites for hydroxylation is 1. The van der Waals surface area contributed by atoms with Crippen LogP contribution in [0.25, 0.3) is 10.9 Å². The third-order valence-corrected chi connectivity index (χ3v) is 3.82. The summed E-state index contributed by atoms with van der Waals surface area (Å²) >= 11 is 0. The predicted octanol–water partition coefficient (Wildman–Crippen LogP) is 2.16. The SMILES string of the molecule is Cc1[nH]c2ccccc2c1C(=O)C(=O)Nc1ccc(OCC(N)=O)cc1. The second-order valence-corrected chi connectivity index (χ2v) is 5.73. The van der Waals surface area contributed by atoms with Gasteiger partial charge in [0.2, 0.25) is 0 Å². The van der Waals surface area contributed by atoms with E-state index in [0.717, 1.165) is 5.52 Å². The number of nitrogens with one attached hydrogen (secondary N) is 2. The zero-order valence-electron chi connectivity index (χ0n) is 14.0. The maximum absolute atomic E-state index is 12.6. The van der Waals surface area contributed by atoms with Crippen LogP contribution in [-0.4, -0.2) is 29.2 Å². The molecule has 0 aliphatic carbocycles. The van der Waals surface area contributed by atoms with Gasteiger partial charge in [-0.1, -0.05) is 18.2 Å². The second kappa shape index (κ2) is 7.10. The molecule has 3 aromatic rings. The molecule has 0 atom stereocenters. The van der Waals surface area contributed by atoms with Gasteiger partial charge in [0.15, 0.2) is 6.61 Å². The maximum Gasteiger partial charge on any atom is 0.296 e. The van der Waals surface area contributed by atoms with Crippen molar-refractivity contribution in [2.24, 2.45) is 5.73 Å². The number of Topliss-reactive ketones (excluding diaryl/α,β-unsaturated/α-hetero) is 1. The van der Waals surface area contributed by atoms with Gasteiger partial charge in [-0.05, 0) is 37.3 Å². The number of amides is 2. The van der Waals surface area contributed by atoms with Crippen LogP contribution in [0, 0.1) is 6.92 Å². The van der Waals surface area contributed by atoms with Gasteiger partial charge in [-0.25, -0.2) is 0 Å². The van der Waals surface area contributed by atoms with Gasteiger partial charge in [0.05, 0.1) is 5.56 Å². The van der Waals surface area contributed by atoms with Crippen molar-refractivity contribution in [1.29, 1.82) is 0 Å². The monoisotopic (exact) mass is 351 g/mol. The molecule has 0 saturated carbocycles. The summed E-state index contributed by atoms with van der Waals surface area (Å²) in [6.07, 6.45) is 0. The zero-order valence-corrected chi connectivity index (χ0v) is 14.0. The lowest BCUT2D eigenvalue weighted by Crippen LogP contribution is -2.23. The molecule has 0 fully saturated rings. The van der Waals surface area contributed by atoms with Crippen molar-refractivity contribution < 1.29 is 19.1 Å². The zero-order chi connectivity index (χ0) is 18.7. The molecular formula is C19H17N3O4.